The molecule has 0 atom stereocenters. The average molecular weight is 239 g/mol. The van der Waals surface area contributed by atoms with Gasteiger partial charge >= 0.3 is 0 Å². The molecule has 90 valence electrons. The molecule has 3 aromatic rings. The van der Waals surface area contributed by atoms with Crippen molar-refractivity contribution in [2.75, 3.05) is 5.73 Å². The van der Waals surface area contributed by atoms with E-state index in [1.54, 1.807) is 17.1 Å². The van der Waals surface area contributed by atoms with Crippen LogP contribution in [-0.4, -0.2) is 19.6 Å². The smallest absolute Gasteiger partial charge is 0.118 e. The Hall–Kier alpha value is -2.56. The largest absolute Gasteiger partial charge is 0.396 e. The SMILES string of the molecule is Cn1cc(N)c(-c2cnn(-c3ccccc3)c2)n1. The number of nitrogens with zero attached hydrogens (tertiary/aromatic N) is 4. The lowest BCUT2D eigenvalue weighted by atomic mass is 10.2. The molecule has 0 bridgehead atoms. The number of aryl methyl sites for hydroxylation is 1. The number of aromatic nitrogens is 4. The van der Waals surface area contributed by atoms with Gasteiger partial charge in [0.2, 0.25) is 0 Å². The van der Waals surface area contributed by atoms with Gasteiger partial charge in [-0.15, -0.1) is 0 Å². The highest BCUT2D eigenvalue weighted by atomic mass is 15.3. The van der Waals surface area contributed by atoms with Crippen LogP contribution in [0.1, 0.15) is 0 Å². The summed E-state index contributed by atoms with van der Waals surface area (Å²) in [5.74, 6) is 0. The molecule has 0 saturated heterocycles. The molecule has 2 heterocycles. The molecule has 0 amide bonds. The van der Waals surface area contributed by atoms with E-state index in [2.05, 4.69) is 10.2 Å². The fraction of sp³-hybridized carbons (Fsp3) is 0.0769. The van der Waals surface area contributed by atoms with Gasteiger partial charge in [0, 0.05) is 25.0 Å². The van der Waals surface area contributed by atoms with E-state index in [0.29, 0.717) is 5.69 Å². The zero-order valence-electron chi connectivity index (χ0n) is 9.99. The van der Waals surface area contributed by atoms with Crippen LogP contribution in [0, 0.1) is 0 Å². The van der Waals surface area contributed by atoms with Crippen molar-refractivity contribution in [3.63, 3.8) is 0 Å². The number of rotatable bonds is 2. The van der Waals surface area contributed by atoms with Gasteiger partial charge < -0.3 is 5.73 Å². The predicted molar refractivity (Wildman–Crippen MR) is 70.2 cm³/mol. The van der Waals surface area contributed by atoms with Gasteiger partial charge in [0.25, 0.3) is 0 Å². The Kier molecular flexibility index (Phi) is 2.37. The monoisotopic (exact) mass is 239 g/mol. The fourth-order valence-corrected chi connectivity index (χ4v) is 1.90. The van der Waals surface area contributed by atoms with E-state index < -0.39 is 0 Å². The van der Waals surface area contributed by atoms with E-state index in [9.17, 15) is 0 Å². The van der Waals surface area contributed by atoms with Crippen LogP contribution in [-0.2, 0) is 7.05 Å². The molecule has 5 heteroatoms. The molecule has 5 nitrogen and oxygen atoms in total. The highest BCUT2D eigenvalue weighted by Gasteiger charge is 2.10. The fourth-order valence-electron chi connectivity index (χ4n) is 1.90. The van der Waals surface area contributed by atoms with Crippen molar-refractivity contribution in [2.45, 2.75) is 0 Å². The minimum atomic E-state index is 0.658. The molecular weight excluding hydrogens is 226 g/mol. The molecule has 0 aliphatic rings. The molecule has 3 rings (SSSR count). The standard InChI is InChI=1S/C13H13N5/c1-17-9-12(14)13(16-17)10-7-15-18(8-10)11-5-3-2-4-6-11/h2-9H,14H2,1H3. The van der Waals surface area contributed by atoms with E-state index in [-0.39, 0.29) is 0 Å². The zero-order valence-corrected chi connectivity index (χ0v) is 9.99. The van der Waals surface area contributed by atoms with Crippen LogP contribution in [0.25, 0.3) is 16.9 Å². The molecule has 0 saturated carbocycles. The Morgan fingerprint density at radius 3 is 2.56 bits per heavy atom. The van der Waals surface area contributed by atoms with Gasteiger partial charge in [0.15, 0.2) is 0 Å². The molecule has 2 N–H and O–H groups in total. The van der Waals surface area contributed by atoms with Gasteiger partial charge in [-0.2, -0.15) is 10.2 Å². The molecule has 0 fully saturated rings. The Morgan fingerprint density at radius 1 is 1.11 bits per heavy atom. The van der Waals surface area contributed by atoms with Crippen LogP contribution in [0.15, 0.2) is 48.9 Å². The van der Waals surface area contributed by atoms with E-state index in [1.165, 1.54) is 0 Å². The van der Waals surface area contributed by atoms with Crippen molar-refractivity contribution in [1.29, 1.82) is 0 Å². The second-order valence-electron chi connectivity index (χ2n) is 4.12. The van der Waals surface area contributed by atoms with Crippen molar-refractivity contribution in [2.24, 2.45) is 7.05 Å². The quantitative estimate of drug-likeness (QED) is 0.742. The Balaban J connectivity index is 2.02. The number of hydrogen-bond acceptors (Lipinski definition) is 3. The first-order valence-electron chi connectivity index (χ1n) is 5.63. The van der Waals surface area contributed by atoms with Crippen LogP contribution in [0.5, 0.6) is 0 Å². The highest BCUT2D eigenvalue weighted by molar-refractivity contribution is 5.71. The maximum absolute atomic E-state index is 5.90. The summed E-state index contributed by atoms with van der Waals surface area (Å²) < 4.78 is 3.51. The summed E-state index contributed by atoms with van der Waals surface area (Å²) in [4.78, 5) is 0. The average Bonchev–Trinajstić information content (AvgIpc) is 2.97. The Labute approximate surface area is 104 Å². The maximum Gasteiger partial charge on any atom is 0.118 e. The normalized spacial score (nSPS) is 10.7. The van der Waals surface area contributed by atoms with Crippen molar-refractivity contribution < 1.29 is 0 Å². The van der Waals surface area contributed by atoms with E-state index in [0.717, 1.165) is 16.9 Å². The van der Waals surface area contributed by atoms with Crippen LogP contribution in [0.3, 0.4) is 0 Å². The third-order valence-corrected chi connectivity index (χ3v) is 2.73. The zero-order chi connectivity index (χ0) is 12.5. The minimum absolute atomic E-state index is 0.658. The van der Waals surface area contributed by atoms with Crippen LogP contribution < -0.4 is 5.73 Å². The van der Waals surface area contributed by atoms with Gasteiger partial charge in [0.1, 0.15) is 5.69 Å². The maximum atomic E-state index is 5.90. The van der Waals surface area contributed by atoms with Gasteiger partial charge in [-0.1, -0.05) is 18.2 Å². The third-order valence-electron chi connectivity index (χ3n) is 2.73. The van der Waals surface area contributed by atoms with E-state index in [4.69, 9.17) is 5.73 Å². The molecule has 1 aromatic carbocycles. The van der Waals surface area contributed by atoms with Gasteiger partial charge in [0.05, 0.1) is 17.6 Å². The first kappa shape index (κ1) is 10.6. The third kappa shape index (κ3) is 1.75. The second kappa shape index (κ2) is 4.03. The van der Waals surface area contributed by atoms with Crippen molar-refractivity contribution in [3.8, 4) is 16.9 Å². The lowest BCUT2D eigenvalue weighted by Gasteiger charge is -1.98. The summed E-state index contributed by atoms with van der Waals surface area (Å²) in [6.07, 6.45) is 5.48. The first-order valence-corrected chi connectivity index (χ1v) is 5.63. The molecule has 0 radical (unpaired) electrons. The van der Waals surface area contributed by atoms with Crippen LogP contribution in [0.4, 0.5) is 5.69 Å². The Morgan fingerprint density at radius 2 is 1.89 bits per heavy atom. The molecular formula is C13H13N5. The lowest BCUT2D eigenvalue weighted by molar-refractivity contribution is 0.771. The molecule has 0 aliphatic carbocycles. The van der Waals surface area contributed by atoms with E-state index in [1.807, 2.05) is 48.3 Å². The topological polar surface area (TPSA) is 61.7 Å². The van der Waals surface area contributed by atoms with Gasteiger partial charge in [-0.05, 0) is 12.1 Å². The summed E-state index contributed by atoms with van der Waals surface area (Å²) in [5, 5.41) is 8.65. The number of benzene rings is 1. The molecule has 18 heavy (non-hydrogen) atoms. The van der Waals surface area contributed by atoms with E-state index >= 15 is 0 Å². The summed E-state index contributed by atoms with van der Waals surface area (Å²) in [7, 11) is 1.85. The number of para-hydroxylation sites is 1. The van der Waals surface area contributed by atoms with Crippen molar-refractivity contribution in [1.82, 2.24) is 19.6 Å². The molecule has 0 spiro atoms. The predicted octanol–water partition coefficient (Wildman–Crippen LogP) is 1.85. The summed E-state index contributed by atoms with van der Waals surface area (Å²) in [6, 6.07) is 9.93. The molecule has 2 aromatic heterocycles. The number of nitrogens with two attached hydrogens (primary N) is 1. The lowest BCUT2D eigenvalue weighted by Crippen LogP contribution is -1.92. The van der Waals surface area contributed by atoms with Crippen molar-refractivity contribution >= 4 is 5.69 Å². The number of hydrogen-bond donors (Lipinski definition) is 1. The summed E-state index contributed by atoms with van der Waals surface area (Å²) in [6.45, 7) is 0. The van der Waals surface area contributed by atoms with Crippen molar-refractivity contribution in [3.05, 3.63) is 48.9 Å². The van der Waals surface area contributed by atoms with Crippen LogP contribution in [0.2, 0.25) is 0 Å². The molecule has 0 aliphatic heterocycles. The Bertz CT molecular complexity index is 666. The van der Waals surface area contributed by atoms with Gasteiger partial charge in [-0.25, -0.2) is 4.68 Å². The summed E-state index contributed by atoms with van der Waals surface area (Å²) >= 11 is 0. The van der Waals surface area contributed by atoms with Gasteiger partial charge in [-0.3, -0.25) is 4.68 Å². The van der Waals surface area contributed by atoms with Crippen LogP contribution >= 0.6 is 0 Å². The second-order valence-corrected chi connectivity index (χ2v) is 4.12. The minimum Gasteiger partial charge on any atom is -0.396 e. The number of anilines is 1. The molecule has 0 unspecified atom stereocenters. The number of nitrogen functional groups attached to an aromatic ring is 1. The first-order chi connectivity index (χ1) is 8.74. The summed E-state index contributed by atoms with van der Waals surface area (Å²) in [5.41, 5.74) is 9.25. The highest BCUT2D eigenvalue weighted by Crippen LogP contribution is 2.23.